The van der Waals surface area contributed by atoms with Gasteiger partial charge in [0.05, 0.1) is 0 Å². The van der Waals surface area contributed by atoms with Crippen LogP contribution in [-0.2, 0) is 0 Å². The lowest BCUT2D eigenvalue weighted by atomic mass is 10.0. The Hall–Kier alpha value is 0.01000. The molecule has 0 aliphatic carbocycles. The first-order valence-electron chi connectivity index (χ1n) is 8.01. The maximum absolute atomic E-state index is 13.6. The van der Waals surface area contributed by atoms with Gasteiger partial charge in [0.15, 0.2) is 0 Å². The lowest BCUT2D eigenvalue weighted by Gasteiger charge is -2.33. The van der Waals surface area contributed by atoms with E-state index in [1.807, 2.05) is 13.8 Å². The molecule has 0 nitrogen and oxygen atoms in total. The summed E-state index contributed by atoms with van der Waals surface area (Å²) >= 11 is 0. The molecule has 0 heterocycles. The van der Waals surface area contributed by atoms with E-state index in [9.17, 15) is 26.3 Å². The third kappa shape index (κ3) is 6.64. The highest BCUT2D eigenvalue weighted by molar-refractivity contribution is 7.39. The molecule has 0 aromatic heterocycles. The highest BCUT2D eigenvalue weighted by atomic mass is 31.1. The Labute approximate surface area is 131 Å². The van der Waals surface area contributed by atoms with E-state index in [2.05, 4.69) is 0 Å². The highest BCUT2D eigenvalue weighted by Gasteiger charge is 2.70. The fraction of sp³-hybridized carbons (Fsp3) is 1.00. The van der Waals surface area contributed by atoms with Crippen molar-refractivity contribution in [1.82, 2.24) is 0 Å². The number of unbranched alkanes of at least 4 members (excludes halogenated alkanes) is 6. The zero-order chi connectivity index (χ0) is 17.3. The summed E-state index contributed by atoms with van der Waals surface area (Å²) in [5, 5.41) is 0. The van der Waals surface area contributed by atoms with Crippen LogP contribution in [0.1, 0.15) is 71.6 Å². The molecular weight excluding hydrogens is 325 g/mol. The van der Waals surface area contributed by atoms with Gasteiger partial charge < -0.3 is 0 Å². The van der Waals surface area contributed by atoms with Crippen molar-refractivity contribution in [2.24, 2.45) is 0 Å². The van der Waals surface area contributed by atoms with Crippen molar-refractivity contribution >= 4 is 8.58 Å². The minimum absolute atomic E-state index is 0.130. The zero-order valence-electron chi connectivity index (χ0n) is 13.3. The molecule has 22 heavy (non-hydrogen) atoms. The van der Waals surface area contributed by atoms with Crippen molar-refractivity contribution < 1.29 is 26.3 Å². The van der Waals surface area contributed by atoms with Crippen LogP contribution in [0.5, 0.6) is 0 Å². The summed E-state index contributed by atoms with van der Waals surface area (Å²) in [4.78, 5) is 0. The Morgan fingerprint density at radius 2 is 1.18 bits per heavy atom. The molecule has 0 N–H and O–H groups in total. The molecule has 0 radical (unpaired) electrons. The van der Waals surface area contributed by atoms with Crippen molar-refractivity contribution in [3.63, 3.8) is 0 Å². The van der Waals surface area contributed by atoms with Crippen LogP contribution in [0.15, 0.2) is 0 Å². The van der Waals surface area contributed by atoms with E-state index in [-0.39, 0.29) is 12.6 Å². The second-order valence-electron chi connectivity index (χ2n) is 5.65. The van der Waals surface area contributed by atoms with Crippen LogP contribution in [0.25, 0.3) is 0 Å². The van der Waals surface area contributed by atoms with Crippen molar-refractivity contribution in [2.75, 3.05) is 6.16 Å². The van der Waals surface area contributed by atoms with Gasteiger partial charge in [0.2, 0.25) is 0 Å². The highest BCUT2D eigenvalue weighted by Crippen LogP contribution is 2.55. The average Bonchev–Trinajstić information content (AvgIpc) is 2.43. The minimum Gasteiger partial charge on any atom is -0.200 e. The average molecular weight is 352 g/mol. The quantitative estimate of drug-likeness (QED) is 0.189. The first kappa shape index (κ1) is 22.0. The SMILES string of the molecule is CCCCCCPC(F)(F)C(F)(F)C(F)(F)CCCCCC. The minimum atomic E-state index is -5.27. The van der Waals surface area contributed by atoms with Gasteiger partial charge in [0.25, 0.3) is 0 Å². The molecule has 0 aromatic carbocycles. The molecule has 0 aliphatic rings. The first-order chi connectivity index (χ1) is 10.1. The molecule has 0 amide bonds. The van der Waals surface area contributed by atoms with Crippen molar-refractivity contribution in [3.05, 3.63) is 0 Å². The molecular formula is C15H27F6P. The monoisotopic (exact) mass is 352 g/mol. The van der Waals surface area contributed by atoms with Gasteiger partial charge in [-0.1, -0.05) is 52.4 Å². The Morgan fingerprint density at radius 3 is 1.68 bits per heavy atom. The maximum atomic E-state index is 13.6. The predicted octanol–water partition coefficient (Wildman–Crippen LogP) is 7.08. The predicted molar refractivity (Wildman–Crippen MR) is 80.9 cm³/mol. The normalized spacial score (nSPS) is 14.2. The third-order valence-corrected chi connectivity index (χ3v) is 4.94. The second-order valence-corrected chi connectivity index (χ2v) is 7.13. The molecule has 7 heteroatoms. The summed E-state index contributed by atoms with van der Waals surface area (Å²) < 4.78 is 81.3. The molecule has 1 unspecified atom stereocenters. The van der Waals surface area contributed by atoms with Crippen LogP contribution in [0, 0.1) is 0 Å². The Bertz CT molecular complexity index is 294. The number of halogens is 6. The van der Waals surface area contributed by atoms with Crippen molar-refractivity contribution in [1.29, 1.82) is 0 Å². The third-order valence-electron chi connectivity index (χ3n) is 3.58. The Morgan fingerprint density at radius 1 is 0.682 bits per heavy atom. The van der Waals surface area contributed by atoms with Crippen LogP contribution in [0.3, 0.4) is 0 Å². The fourth-order valence-electron chi connectivity index (χ4n) is 2.07. The summed E-state index contributed by atoms with van der Waals surface area (Å²) in [5.41, 5.74) is -4.63. The lowest BCUT2D eigenvalue weighted by molar-refractivity contribution is -0.280. The topological polar surface area (TPSA) is 0 Å². The molecule has 0 fully saturated rings. The number of hydrogen-bond acceptors (Lipinski definition) is 0. The standard InChI is InChI=1S/C15H27F6P/c1-3-5-7-9-11-13(16,17)14(18,19)15(20,21)22-12-10-8-6-4-2/h22H,3-12H2,1-2H3. The lowest BCUT2D eigenvalue weighted by Crippen LogP contribution is -2.52. The molecule has 0 aliphatic heterocycles. The molecule has 0 bridgehead atoms. The van der Waals surface area contributed by atoms with E-state index in [0.717, 1.165) is 19.3 Å². The largest absolute Gasteiger partial charge is 0.375 e. The molecule has 134 valence electrons. The maximum Gasteiger partial charge on any atom is 0.375 e. The van der Waals surface area contributed by atoms with Gasteiger partial charge in [0.1, 0.15) is 0 Å². The molecule has 0 rings (SSSR count). The summed E-state index contributed by atoms with van der Waals surface area (Å²) in [7, 11) is -1.46. The zero-order valence-corrected chi connectivity index (χ0v) is 14.3. The Balaban J connectivity index is 4.50. The molecule has 0 spiro atoms. The van der Waals surface area contributed by atoms with Gasteiger partial charge >= 0.3 is 17.5 Å². The van der Waals surface area contributed by atoms with Crippen LogP contribution in [0.4, 0.5) is 26.3 Å². The van der Waals surface area contributed by atoms with Gasteiger partial charge in [-0.2, -0.15) is 26.3 Å². The van der Waals surface area contributed by atoms with E-state index in [1.54, 1.807) is 0 Å². The van der Waals surface area contributed by atoms with E-state index in [4.69, 9.17) is 0 Å². The van der Waals surface area contributed by atoms with Gasteiger partial charge in [0, 0.05) is 6.42 Å². The molecule has 0 saturated carbocycles. The second kappa shape index (κ2) is 10.00. The Kier molecular flexibility index (Phi) is 10.0. The van der Waals surface area contributed by atoms with Crippen LogP contribution in [0.2, 0.25) is 0 Å². The summed E-state index contributed by atoms with van der Waals surface area (Å²) in [6.45, 7) is 3.78. The van der Waals surface area contributed by atoms with Gasteiger partial charge in [-0.15, -0.1) is 0 Å². The van der Waals surface area contributed by atoms with E-state index >= 15 is 0 Å². The summed E-state index contributed by atoms with van der Waals surface area (Å²) in [6, 6.07) is 0. The van der Waals surface area contributed by atoms with E-state index in [0.29, 0.717) is 25.7 Å². The molecule has 0 aromatic rings. The van der Waals surface area contributed by atoms with E-state index in [1.165, 1.54) is 0 Å². The summed E-state index contributed by atoms with van der Waals surface area (Å²) in [5.74, 6) is -9.92. The number of hydrogen-bond donors (Lipinski definition) is 0. The van der Waals surface area contributed by atoms with Gasteiger partial charge in [-0.25, -0.2) is 0 Å². The van der Waals surface area contributed by atoms with Crippen LogP contribution < -0.4 is 0 Å². The first-order valence-corrected chi connectivity index (χ1v) is 9.21. The van der Waals surface area contributed by atoms with Crippen LogP contribution >= 0.6 is 8.58 Å². The van der Waals surface area contributed by atoms with E-state index < -0.39 is 32.5 Å². The number of alkyl halides is 6. The fourth-order valence-corrected chi connectivity index (χ4v) is 3.21. The number of rotatable bonds is 13. The van der Waals surface area contributed by atoms with Crippen molar-refractivity contribution in [3.8, 4) is 0 Å². The van der Waals surface area contributed by atoms with Gasteiger partial charge in [-0.05, 0) is 27.6 Å². The smallest absolute Gasteiger partial charge is 0.200 e. The van der Waals surface area contributed by atoms with Gasteiger partial charge in [-0.3, -0.25) is 0 Å². The molecule has 0 saturated heterocycles. The molecule has 1 atom stereocenters. The van der Waals surface area contributed by atoms with Crippen molar-refractivity contribution in [2.45, 2.75) is 89.1 Å². The van der Waals surface area contributed by atoms with Crippen LogP contribution in [-0.4, -0.2) is 23.7 Å². The summed E-state index contributed by atoms with van der Waals surface area (Å²) in [6.07, 6.45) is 3.04.